The normalized spacial score (nSPS) is 20.0. The molecule has 3 aromatic rings. The molecule has 0 N–H and O–H groups in total. The van der Waals surface area contributed by atoms with Crippen molar-refractivity contribution in [2.75, 3.05) is 4.90 Å². The summed E-state index contributed by atoms with van der Waals surface area (Å²) in [5.41, 5.74) is 3.91. The number of anilines is 2. The first-order valence-electron chi connectivity index (χ1n) is 8.58. The Hall–Kier alpha value is -2.69. The summed E-state index contributed by atoms with van der Waals surface area (Å²) in [7, 11) is 0. The largest absolute Gasteiger partial charge is 0.342 e. The lowest BCUT2D eigenvalue weighted by molar-refractivity contribution is 0.0298. The Bertz CT molecular complexity index is 1060. The van der Waals surface area contributed by atoms with Crippen LogP contribution in [-0.2, 0) is 4.74 Å². The molecule has 0 fully saturated rings. The molecule has 0 aliphatic carbocycles. The summed E-state index contributed by atoms with van der Waals surface area (Å²) in [5, 5.41) is 0.605. The van der Waals surface area contributed by atoms with E-state index < -0.39 is 24.0 Å². The third-order valence-electron chi connectivity index (χ3n) is 4.95. The van der Waals surface area contributed by atoms with Crippen molar-refractivity contribution in [2.24, 2.45) is 0 Å². The zero-order valence-corrected chi connectivity index (χ0v) is 14.8. The van der Waals surface area contributed by atoms with Crippen LogP contribution in [0.1, 0.15) is 22.8 Å². The van der Waals surface area contributed by atoms with Gasteiger partial charge in [-0.05, 0) is 41.5 Å². The van der Waals surface area contributed by atoms with E-state index in [0.29, 0.717) is 16.3 Å². The van der Waals surface area contributed by atoms with Crippen LogP contribution < -0.4 is 4.90 Å². The summed E-state index contributed by atoms with van der Waals surface area (Å²) in [6, 6.07) is 17.5. The van der Waals surface area contributed by atoms with E-state index in [9.17, 15) is 8.78 Å². The van der Waals surface area contributed by atoms with Gasteiger partial charge in [0.2, 0.25) is 0 Å². The topological polar surface area (TPSA) is 12.5 Å². The van der Waals surface area contributed by atoms with Gasteiger partial charge in [-0.25, -0.2) is 8.78 Å². The molecule has 2 heterocycles. The van der Waals surface area contributed by atoms with Crippen molar-refractivity contribution in [1.82, 2.24) is 0 Å². The lowest BCUT2D eigenvalue weighted by atomic mass is 9.94. The standard InChI is InChI=1S/C22H14ClF2NO/c23-15-8-5-14(6-9-15)22-16-11-17(24)18(25)12-20(16)26-19-4-2-1-3-13(19)7-10-21(26)27-22/h1-12,21-22H. The van der Waals surface area contributed by atoms with Crippen molar-refractivity contribution in [3.63, 3.8) is 0 Å². The smallest absolute Gasteiger partial charge is 0.160 e. The Morgan fingerprint density at radius 1 is 0.889 bits per heavy atom. The van der Waals surface area contributed by atoms with Gasteiger partial charge in [0.25, 0.3) is 0 Å². The first-order valence-corrected chi connectivity index (χ1v) is 8.96. The molecule has 0 aromatic heterocycles. The fourth-order valence-electron chi connectivity index (χ4n) is 3.71. The minimum atomic E-state index is -0.893. The van der Waals surface area contributed by atoms with Crippen LogP contribution in [-0.4, -0.2) is 6.23 Å². The summed E-state index contributed by atoms with van der Waals surface area (Å²) in [6.45, 7) is 0. The van der Waals surface area contributed by atoms with E-state index in [1.807, 2.05) is 53.5 Å². The van der Waals surface area contributed by atoms with E-state index in [1.165, 1.54) is 12.1 Å². The van der Waals surface area contributed by atoms with Crippen molar-refractivity contribution < 1.29 is 13.5 Å². The molecule has 2 atom stereocenters. The Balaban J connectivity index is 1.72. The molecule has 27 heavy (non-hydrogen) atoms. The Morgan fingerprint density at radius 3 is 2.44 bits per heavy atom. The maximum atomic E-state index is 14.1. The van der Waals surface area contributed by atoms with Crippen molar-refractivity contribution in [3.05, 3.63) is 100 Å². The van der Waals surface area contributed by atoms with Gasteiger partial charge in [-0.15, -0.1) is 0 Å². The second-order valence-corrected chi connectivity index (χ2v) is 7.01. The van der Waals surface area contributed by atoms with Crippen molar-refractivity contribution in [1.29, 1.82) is 0 Å². The molecule has 0 amide bonds. The number of rotatable bonds is 1. The highest BCUT2D eigenvalue weighted by Crippen LogP contribution is 2.47. The lowest BCUT2D eigenvalue weighted by Crippen LogP contribution is -2.40. The summed E-state index contributed by atoms with van der Waals surface area (Å²) < 4.78 is 34.5. The maximum absolute atomic E-state index is 14.1. The fraction of sp³-hybridized carbons (Fsp3) is 0.0909. The number of benzene rings is 3. The van der Waals surface area contributed by atoms with Crippen LogP contribution in [0.25, 0.3) is 6.08 Å². The first kappa shape index (κ1) is 16.5. The third kappa shape index (κ3) is 2.64. The van der Waals surface area contributed by atoms with Crippen molar-refractivity contribution >= 4 is 29.1 Å². The average Bonchev–Trinajstić information content (AvgIpc) is 2.69. The van der Waals surface area contributed by atoms with Gasteiger partial charge in [0.1, 0.15) is 6.10 Å². The molecule has 0 bridgehead atoms. The van der Waals surface area contributed by atoms with E-state index in [2.05, 4.69) is 0 Å². The van der Waals surface area contributed by atoms with E-state index >= 15 is 0 Å². The second-order valence-electron chi connectivity index (χ2n) is 6.57. The molecule has 0 saturated heterocycles. The van der Waals surface area contributed by atoms with E-state index in [-0.39, 0.29) is 0 Å². The maximum Gasteiger partial charge on any atom is 0.160 e. The van der Waals surface area contributed by atoms with Crippen LogP contribution in [0, 0.1) is 11.6 Å². The zero-order chi connectivity index (χ0) is 18.5. The molecule has 2 aliphatic heterocycles. The first-order chi connectivity index (χ1) is 13.1. The minimum Gasteiger partial charge on any atom is -0.342 e. The van der Waals surface area contributed by atoms with Crippen LogP contribution in [0.5, 0.6) is 0 Å². The summed E-state index contributed by atoms with van der Waals surface area (Å²) >= 11 is 5.99. The van der Waals surface area contributed by atoms with Crippen LogP contribution in [0.4, 0.5) is 20.2 Å². The third-order valence-corrected chi connectivity index (χ3v) is 5.20. The molecule has 5 rings (SSSR count). The van der Waals surface area contributed by atoms with Crippen molar-refractivity contribution in [3.8, 4) is 0 Å². The van der Waals surface area contributed by atoms with Crippen LogP contribution in [0.3, 0.4) is 0 Å². The predicted molar refractivity (Wildman–Crippen MR) is 102 cm³/mol. The molecule has 3 aromatic carbocycles. The van der Waals surface area contributed by atoms with E-state index in [4.69, 9.17) is 16.3 Å². The predicted octanol–water partition coefficient (Wildman–Crippen LogP) is 6.23. The van der Waals surface area contributed by atoms with Crippen molar-refractivity contribution in [2.45, 2.75) is 12.3 Å². The van der Waals surface area contributed by atoms with Gasteiger partial charge in [0.15, 0.2) is 17.9 Å². The molecule has 2 nitrogen and oxygen atoms in total. The molecule has 2 aliphatic rings. The number of fused-ring (bicyclic) bond motifs is 5. The van der Waals surface area contributed by atoms with Gasteiger partial charge in [-0.1, -0.05) is 48.0 Å². The van der Waals surface area contributed by atoms with Gasteiger partial charge in [-0.2, -0.15) is 0 Å². The van der Waals surface area contributed by atoms with Crippen LogP contribution in [0.15, 0.2) is 66.7 Å². The van der Waals surface area contributed by atoms with Gasteiger partial charge in [0, 0.05) is 16.7 Å². The molecule has 2 unspecified atom stereocenters. The van der Waals surface area contributed by atoms with E-state index in [0.717, 1.165) is 16.8 Å². The highest BCUT2D eigenvalue weighted by molar-refractivity contribution is 6.30. The van der Waals surface area contributed by atoms with Gasteiger partial charge < -0.3 is 9.64 Å². The lowest BCUT2D eigenvalue weighted by Gasteiger charge is -2.43. The summed E-state index contributed by atoms with van der Waals surface area (Å²) in [4.78, 5) is 1.90. The molecular weight excluding hydrogens is 368 g/mol. The van der Waals surface area contributed by atoms with Crippen LogP contribution in [0.2, 0.25) is 5.02 Å². The summed E-state index contributed by atoms with van der Waals surface area (Å²) in [5.74, 6) is -1.77. The Morgan fingerprint density at radius 2 is 1.63 bits per heavy atom. The molecular formula is C22H14ClF2NO. The number of hydrogen-bond acceptors (Lipinski definition) is 2. The van der Waals surface area contributed by atoms with Gasteiger partial charge >= 0.3 is 0 Å². The number of hydrogen-bond donors (Lipinski definition) is 0. The fourth-order valence-corrected chi connectivity index (χ4v) is 3.83. The number of ether oxygens (including phenoxy) is 1. The number of halogens is 3. The van der Waals surface area contributed by atoms with Crippen LogP contribution >= 0.6 is 11.6 Å². The number of nitrogens with zero attached hydrogens (tertiary/aromatic N) is 1. The monoisotopic (exact) mass is 381 g/mol. The molecule has 0 radical (unpaired) electrons. The Labute approximate surface area is 160 Å². The Kier molecular flexibility index (Phi) is 3.78. The number of para-hydroxylation sites is 1. The highest BCUT2D eigenvalue weighted by atomic mass is 35.5. The molecule has 0 spiro atoms. The zero-order valence-electron chi connectivity index (χ0n) is 14.1. The second kappa shape index (κ2) is 6.19. The van der Waals surface area contributed by atoms with E-state index in [1.54, 1.807) is 12.1 Å². The van der Waals surface area contributed by atoms with Gasteiger partial charge in [0.05, 0.1) is 11.4 Å². The average molecular weight is 382 g/mol. The highest BCUT2D eigenvalue weighted by Gasteiger charge is 2.37. The summed E-state index contributed by atoms with van der Waals surface area (Å²) in [6.07, 6.45) is 2.97. The molecule has 134 valence electrons. The quantitative estimate of drug-likeness (QED) is 0.495. The molecule has 0 saturated carbocycles. The SMILES string of the molecule is Fc1cc2c(cc1F)N1c3ccccc3C=CC1OC2c1ccc(Cl)cc1. The minimum absolute atomic E-state index is 0.419. The van der Waals surface area contributed by atoms with Gasteiger partial charge in [-0.3, -0.25) is 0 Å². The molecule has 5 heteroatoms.